The third kappa shape index (κ3) is 3.40. The van der Waals surface area contributed by atoms with Gasteiger partial charge in [0, 0.05) is 24.0 Å². The number of nitrogens with one attached hydrogen (secondary N) is 1. The molecule has 0 saturated heterocycles. The summed E-state index contributed by atoms with van der Waals surface area (Å²) in [4.78, 5) is 2.32. The third-order valence-electron chi connectivity index (χ3n) is 3.60. The summed E-state index contributed by atoms with van der Waals surface area (Å²) in [5.41, 5.74) is 3.81. The van der Waals surface area contributed by atoms with Crippen LogP contribution in [0.25, 0.3) is 0 Å². The second-order valence-electron chi connectivity index (χ2n) is 4.95. The molecule has 0 heterocycles. The molecule has 2 rings (SSSR count). The lowest BCUT2D eigenvalue weighted by Crippen LogP contribution is -2.18. The van der Waals surface area contributed by atoms with Gasteiger partial charge >= 0.3 is 0 Å². The van der Waals surface area contributed by atoms with Gasteiger partial charge in [0.2, 0.25) is 0 Å². The maximum atomic E-state index is 3.44. The van der Waals surface area contributed by atoms with Gasteiger partial charge in [-0.2, -0.15) is 0 Å². The Bertz CT molecular complexity index is 505. The number of anilines is 2. The Labute approximate surface area is 122 Å². The van der Waals surface area contributed by atoms with E-state index in [9.17, 15) is 0 Å². The number of hydrogen-bond acceptors (Lipinski definition) is 2. The fourth-order valence-electron chi connectivity index (χ4n) is 2.49. The van der Waals surface area contributed by atoms with Gasteiger partial charge in [-0.15, -0.1) is 0 Å². The molecule has 2 heteroatoms. The molecule has 2 aromatic rings. The van der Waals surface area contributed by atoms with Crippen LogP contribution in [0.1, 0.15) is 32.4 Å². The molecule has 1 N–H and O–H groups in total. The van der Waals surface area contributed by atoms with Crippen molar-refractivity contribution < 1.29 is 0 Å². The Kier molecular flexibility index (Phi) is 5.19. The quantitative estimate of drug-likeness (QED) is 0.829. The molecule has 0 aliphatic carbocycles. The Morgan fingerprint density at radius 2 is 1.50 bits per heavy atom. The first-order valence-corrected chi connectivity index (χ1v) is 7.42. The normalized spacial score (nSPS) is 12.2. The lowest BCUT2D eigenvalue weighted by Gasteiger charge is -2.24. The molecule has 0 aliphatic rings. The summed E-state index contributed by atoms with van der Waals surface area (Å²) >= 11 is 0. The van der Waals surface area contributed by atoms with Gasteiger partial charge in [-0.3, -0.25) is 0 Å². The van der Waals surface area contributed by atoms with E-state index in [2.05, 4.69) is 85.6 Å². The Balaban J connectivity index is 2.20. The van der Waals surface area contributed by atoms with E-state index in [0.717, 1.165) is 13.1 Å². The van der Waals surface area contributed by atoms with Gasteiger partial charge in [0.1, 0.15) is 0 Å². The summed E-state index contributed by atoms with van der Waals surface area (Å²) in [6.45, 7) is 8.48. The van der Waals surface area contributed by atoms with Gasteiger partial charge in [-0.05, 0) is 50.2 Å². The summed E-state index contributed by atoms with van der Waals surface area (Å²) in [7, 11) is 0. The molecule has 2 nitrogen and oxygen atoms in total. The van der Waals surface area contributed by atoms with Gasteiger partial charge in [0.15, 0.2) is 0 Å². The highest BCUT2D eigenvalue weighted by Crippen LogP contribution is 2.26. The summed E-state index contributed by atoms with van der Waals surface area (Å²) < 4.78 is 0. The Morgan fingerprint density at radius 1 is 0.900 bits per heavy atom. The van der Waals surface area contributed by atoms with Gasteiger partial charge < -0.3 is 10.2 Å². The zero-order chi connectivity index (χ0) is 14.4. The largest absolute Gasteiger partial charge is 0.342 e. The Hall–Kier alpha value is -1.80. The van der Waals surface area contributed by atoms with Crippen LogP contribution in [0.3, 0.4) is 0 Å². The van der Waals surface area contributed by atoms with Crippen molar-refractivity contribution in [2.24, 2.45) is 0 Å². The molecule has 1 unspecified atom stereocenters. The minimum atomic E-state index is 0.404. The van der Waals surface area contributed by atoms with Crippen LogP contribution in [0.4, 0.5) is 11.4 Å². The monoisotopic (exact) mass is 268 g/mol. The van der Waals surface area contributed by atoms with E-state index in [0.29, 0.717) is 6.04 Å². The van der Waals surface area contributed by atoms with Crippen LogP contribution in [0.15, 0.2) is 54.6 Å². The molecule has 0 amide bonds. The molecule has 0 saturated carbocycles. The van der Waals surface area contributed by atoms with Crippen molar-refractivity contribution in [3.63, 3.8) is 0 Å². The van der Waals surface area contributed by atoms with Crippen molar-refractivity contribution in [2.45, 2.75) is 26.8 Å². The topological polar surface area (TPSA) is 15.3 Å². The first kappa shape index (κ1) is 14.6. The molecule has 2 aromatic carbocycles. The van der Waals surface area contributed by atoms with Crippen molar-refractivity contribution in [3.8, 4) is 0 Å². The summed E-state index contributed by atoms with van der Waals surface area (Å²) in [5.74, 6) is 0. The zero-order valence-electron chi connectivity index (χ0n) is 12.6. The van der Waals surface area contributed by atoms with E-state index in [-0.39, 0.29) is 0 Å². The molecule has 106 valence electrons. The maximum absolute atomic E-state index is 3.44. The third-order valence-corrected chi connectivity index (χ3v) is 3.60. The lowest BCUT2D eigenvalue weighted by molar-refractivity contribution is 0.598. The summed E-state index contributed by atoms with van der Waals surface area (Å²) in [5, 5.41) is 3.44. The van der Waals surface area contributed by atoms with Crippen LogP contribution < -0.4 is 10.2 Å². The van der Waals surface area contributed by atoms with Crippen LogP contribution in [0.2, 0.25) is 0 Å². The molecule has 20 heavy (non-hydrogen) atoms. The molecule has 0 fully saturated rings. The predicted molar refractivity (Wildman–Crippen MR) is 87.7 cm³/mol. The molecule has 0 spiro atoms. The summed E-state index contributed by atoms with van der Waals surface area (Å²) in [6, 6.07) is 19.8. The van der Waals surface area contributed by atoms with Gasteiger partial charge in [0.25, 0.3) is 0 Å². The van der Waals surface area contributed by atoms with Crippen LogP contribution in [-0.4, -0.2) is 13.1 Å². The standard InChI is InChI=1S/C18H24N2/c1-4-19-15(3)16-11-13-18(14-12-16)20(5-2)17-9-7-6-8-10-17/h6-15,19H,4-5H2,1-3H3. The van der Waals surface area contributed by atoms with Crippen LogP contribution in [-0.2, 0) is 0 Å². The molecular weight excluding hydrogens is 244 g/mol. The van der Waals surface area contributed by atoms with Gasteiger partial charge in [-0.1, -0.05) is 37.3 Å². The van der Waals surface area contributed by atoms with E-state index in [1.807, 2.05) is 0 Å². The van der Waals surface area contributed by atoms with Crippen LogP contribution in [0.5, 0.6) is 0 Å². The second-order valence-corrected chi connectivity index (χ2v) is 4.95. The van der Waals surface area contributed by atoms with Gasteiger partial charge in [0.05, 0.1) is 0 Å². The van der Waals surface area contributed by atoms with Crippen LogP contribution >= 0.6 is 0 Å². The first-order valence-electron chi connectivity index (χ1n) is 7.42. The smallest absolute Gasteiger partial charge is 0.0410 e. The number of benzene rings is 2. The highest BCUT2D eigenvalue weighted by atomic mass is 15.1. The Morgan fingerprint density at radius 3 is 2.05 bits per heavy atom. The highest BCUT2D eigenvalue weighted by Gasteiger charge is 2.08. The first-order chi connectivity index (χ1) is 9.76. The van der Waals surface area contributed by atoms with Crippen molar-refractivity contribution in [3.05, 3.63) is 60.2 Å². The summed E-state index contributed by atoms with van der Waals surface area (Å²) in [6.07, 6.45) is 0. The SMILES string of the molecule is CCNC(C)c1ccc(N(CC)c2ccccc2)cc1. The van der Waals surface area contributed by atoms with Crippen molar-refractivity contribution in [1.29, 1.82) is 0 Å². The highest BCUT2D eigenvalue weighted by molar-refractivity contribution is 5.63. The second kappa shape index (κ2) is 7.11. The predicted octanol–water partition coefficient (Wildman–Crippen LogP) is 4.52. The fourth-order valence-corrected chi connectivity index (χ4v) is 2.49. The zero-order valence-corrected chi connectivity index (χ0v) is 12.6. The maximum Gasteiger partial charge on any atom is 0.0410 e. The van der Waals surface area contributed by atoms with Crippen molar-refractivity contribution in [1.82, 2.24) is 5.32 Å². The fraction of sp³-hybridized carbons (Fsp3) is 0.333. The molecule has 0 bridgehead atoms. The average Bonchev–Trinajstić information content (AvgIpc) is 2.50. The minimum absolute atomic E-state index is 0.404. The molecular formula is C18H24N2. The van der Waals surface area contributed by atoms with Crippen LogP contribution in [0, 0.1) is 0 Å². The molecule has 1 atom stereocenters. The van der Waals surface area contributed by atoms with Crippen molar-refractivity contribution in [2.75, 3.05) is 18.0 Å². The number of para-hydroxylation sites is 1. The number of nitrogens with zero attached hydrogens (tertiary/aromatic N) is 1. The van der Waals surface area contributed by atoms with E-state index in [1.54, 1.807) is 0 Å². The minimum Gasteiger partial charge on any atom is -0.342 e. The number of rotatable bonds is 6. The number of hydrogen-bond donors (Lipinski definition) is 1. The van der Waals surface area contributed by atoms with E-state index < -0.39 is 0 Å². The van der Waals surface area contributed by atoms with Gasteiger partial charge in [-0.25, -0.2) is 0 Å². The van der Waals surface area contributed by atoms with Crippen molar-refractivity contribution >= 4 is 11.4 Å². The average molecular weight is 268 g/mol. The van der Waals surface area contributed by atoms with E-state index in [1.165, 1.54) is 16.9 Å². The van der Waals surface area contributed by atoms with E-state index in [4.69, 9.17) is 0 Å². The van der Waals surface area contributed by atoms with E-state index >= 15 is 0 Å². The lowest BCUT2D eigenvalue weighted by atomic mass is 10.1. The molecule has 0 aliphatic heterocycles. The molecule has 0 aromatic heterocycles. The molecule has 0 radical (unpaired) electrons.